The number of thiophene rings is 1. The lowest BCUT2D eigenvalue weighted by Gasteiger charge is -2.36. The average Bonchev–Trinajstić information content (AvgIpc) is 3.16. The van der Waals surface area contributed by atoms with Crippen molar-refractivity contribution in [1.29, 1.82) is 0 Å². The molecule has 1 aliphatic heterocycles. The predicted octanol–water partition coefficient (Wildman–Crippen LogP) is 2.36. The van der Waals surface area contributed by atoms with Gasteiger partial charge in [0.15, 0.2) is 5.82 Å². The molecule has 0 bridgehead atoms. The van der Waals surface area contributed by atoms with Crippen molar-refractivity contribution in [1.82, 2.24) is 19.9 Å². The zero-order chi connectivity index (χ0) is 14.7. The van der Waals surface area contributed by atoms with Crippen molar-refractivity contribution in [3.05, 3.63) is 34.1 Å². The maximum absolute atomic E-state index is 5.29. The van der Waals surface area contributed by atoms with Crippen LogP contribution in [0.4, 0.5) is 0 Å². The van der Waals surface area contributed by atoms with Gasteiger partial charge in [-0.1, -0.05) is 11.2 Å². The van der Waals surface area contributed by atoms with Crippen LogP contribution in [0.3, 0.4) is 0 Å². The van der Waals surface area contributed by atoms with E-state index in [0.29, 0.717) is 5.82 Å². The third-order valence-corrected chi connectivity index (χ3v) is 5.05. The summed E-state index contributed by atoms with van der Waals surface area (Å²) in [4.78, 5) is 10.8. The SMILES string of the molecule is Cc1noc(C(C)N2CCN(CCc3cccs3)CC2)n1. The molecule has 0 radical (unpaired) electrons. The van der Waals surface area contributed by atoms with Crippen molar-refractivity contribution in [3.63, 3.8) is 0 Å². The quantitative estimate of drug-likeness (QED) is 0.848. The standard InChI is InChI=1S/C15H22N4OS/c1-12(15-16-13(2)17-20-15)19-9-7-18(8-10-19)6-5-14-4-3-11-21-14/h3-4,11-12H,5-10H2,1-2H3. The van der Waals surface area contributed by atoms with Crippen LogP contribution in [0.1, 0.15) is 29.6 Å². The smallest absolute Gasteiger partial charge is 0.243 e. The number of piperazine rings is 1. The Labute approximate surface area is 129 Å². The Hall–Kier alpha value is -1.24. The first-order valence-electron chi connectivity index (χ1n) is 7.51. The van der Waals surface area contributed by atoms with Crippen LogP contribution >= 0.6 is 11.3 Å². The van der Waals surface area contributed by atoms with Crippen molar-refractivity contribution < 1.29 is 4.52 Å². The van der Waals surface area contributed by atoms with Gasteiger partial charge in [0.25, 0.3) is 0 Å². The van der Waals surface area contributed by atoms with E-state index in [4.69, 9.17) is 4.52 Å². The molecule has 3 heterocycles. The van der Waals surface area contributed by atoms with Gasteiger partial charge in [0.2, 0.25) is 5.89 Å². The van der Waals surface area contributed by atoms with Gasteiger partial charge >= 0.3 is 0 Å². The van der Waals surface area contributed by atoms with Gasteiger partial charge < -0.3 is 9.42 Å². The molecule has 1 fully saturated rings. The van der Waals surface area contributed by atoms with Crippen molar-refractivity contribution in [2.75, 3.05) is 32.7 Å². The van der Waals surface area contributed by atoms with Crippen molar-refractivity contribution in [2.24, 2.45) is 0 Å². The normalized spacial score (nSPS) is 19.0. The Balaban J connectivity index is 1.46. The van der Waals surface area contributed by atoms with E-state index >= 15 is 0 Å². The molecular weight excluding hydrogens is 284 g/mol. The number of hydrogen-bond donors (Lipinski definition) is 0. The van der Waals surface area contributed by atoms with Gasteiger partial charge in [0.1, 0.15) is 0 Å². The molecular formula is C15H22N4OS. The zero-order valence-corrected chi connectivity index (χ0v) is 13.5. The third-order valence-electron chi connectivity index (χ3n) is 4.11. The van der Waals surface area contributed by atoms with Crippen LogP contribution in [-0.2, 0) is 6.42 Å². The fourth-order valence-electron chi connectivity index (χ4n) is 2.74. The van der Waals surface area contributed by atoms with Gasteiger partial charge in [-0.3, -0.25) is 4.90 Å². The van der Waals surface area contributed by atoms with E-state index in [1.165, 1.54) is 4.88 Å². The summed E-state index contributed by atoms with van der Waals surface area (Å²) in [7, 11) is 0. The summed E-state index contributed by atoms with van der Waals surface area (Å²) in [6.45, 7) is 9.52. The highest BCUT2D eigenvalue weighted by molar-refractivity contribution is 7.09. The molecule has 0 amide bonds. The molecule has 1 atom stereocenters. The van der Waals surface area contributed by atoms with E-state index in [0.717, 1.165) is 45.0 Å². The summed E-state index contributed by atoms with van der Waals surface area (Å²) in [5, 5.41) is 6.04. The molecule has 1 aliphatic rings. The highest BCUT2D eigenvalue weighted by atomic mass is 32.1. The molecule has 0 saturated carbocycles. The fraction of sp³-hybridized carbons (Fsp3) is 0.600. The monoisotopic (exact) mass is 306 g/mol. The number of nitrogens with zero attached hydrogens (tertiary/aromatic N) is 4. The number of aromatic nitrogens is 2. The molecule has 3 rings (SSSR count). The lowest BCUT2D eigenvalue weighted by atomic mass is 10.2. The maximum Gasteiger partial charge on any atom is 0.243 e. The van der Waals surface area contributed by atoms with E-state index in [9.17, 15) is 0 Å². The van der Waals surface area contributed by atoms with Crippen molar-refractivity contribution in [3.8, 4) is 0 Å². The highest BCUT2D eigenvalue weighted by Crippen LogP contribution is 2.20. The Kier molecular flexibility index (Phi) is 4.67. The van der Waals surface area contributed by atoms with E-state index < -0.39 is 0 Å². The molecule has 1 unspecified atom stereocenters. The van der Waals surface area contributed by atoms with Gasteiger partial charge in [-0.2, -0.15) is 4.98 Å². The van der Waals surface area contributed by atoms with Crippen LogP contribution < -0.4 is 0 Å². The largest absolute Gasteiger partial charge is 0.338 e. The summed E-state index contributed by atoms with van der Waals surface area (Å²) >= 11 is 1.85. The topological polar surface area (TPSA) is 45.4 Å². The van der Waals surface area contributed by atoms with Gasteiger partial charge in [-0.05, 0) is 31.7 Å². The highest BCUT2D eigenvalue weighted by Gasteiger charge is 2.25. The lowest BCUT2D eigenvalue weighted by molar-refractivity contribution is 0.0891. The number of rotatable bonds is 5. The van der Waals surface area contributed by atoms with Gasteiger partial charge in [-0.15, -0.1) is 11.3 Å². The Bertz CT molecular complexity index is 546. The van der Waals surface area contributed by atoms with Crippen LogP contribution in [0.25, 0.3) is 0 Å². The zero-order valence-electron chi connectivity index (χ0n) is 12.7. The van der Waals surface area contributed by atoms with Crippen molar-refractivity contribution in [2.45, 2.75) is 26.3 Å². The molecule has 0 aromatic carbocycles. The average molecular weight is 306 g/mol. The van der Waals surface area contributed by atoms with Crippen LogP contribution in [0.2, 0.25) is 0 Å². The molecule has 0 spiro atoms. The molecule has 6 heteroatoms. The first-order valence-corrected chi connectivity index (χ1v) is 8.39. The summed E-state index contributed by atoms with van der Waals surface area (Å²) in [6, 6.07) is 4.57. The van der Waals surface area contributed by atoms with Gasteiger partial charge in [0, 0.05) is 37.6 Å². The second-order valence-corrected chi connectivity index (χ2v) is 6.60. The molecule has 2 aromatic heterocycles. The minimum atomic E-state index is 0.214. The molecule has 2 aromatic rings. The Morgan fingerprint density at radius 3 is 2.76 bits per heavy atom. The Morgan fingerprint density at radius 1 is 1.33 bits per heavy atom. The summed E-state index contributed by atoms with van der Waals surface area (Å²) in [5.74, 6) is 1.45. The molecule has 5 nitrogen and oxygen atoms in total. The predicted molar refractivity (Wildman–Crippen MR) is 83.5 cm³/mol. The second-order valence-electron chi connectivity index (χ2n) is 5.56. The number of hydrogen-bond acceptors (Lipinski definition) is 6. The van der Waals surface area contributed by atoms with Crippen LogP contribution in [-0.4, -0.2) is 52.7 Å². The molecule has 0 N–H and O–H groups in total. The number of aryl methyl sites for hydroxylation is 1. The maximum atomic E-state index is 5.29. The van der Waals surface area contributed by atoms with E-state index in [-0.39, 0.29) is 6.04 Å². The van der Waals surface area contributed by atoms with E-state index in [1.54, 1.807) is 0 Å². The van der Waals surface area contributed by atoms with Crippen LogP contribution in [0, 0.1) is 6.92 Å². The summed E-state index contributed by atoms with van der Waals surface area (Å²) in [5.41, 5.74) is 0. The molecule has 21 heavy (non-hydrogen) atoms. The molecule has 0 aliphatic carbocycles. The van der Waals surface area contributed by atoms with Crippen LogP contribution in [0.15, 0.2) is 22.0 Å². The summed E-state index contributed by atoms with van der Waals surface area (Å²) < 4.78 is 5.29. The third kappa shape index (κ3) is 3.70. The minimum absolute atomic E-state index is 0.214. The lowest BCUT2D eigenvalue weighted by Crippen LogP contribution is -2.47. The first kappa shape index (κ1) is 14.7. The Morgan fingerprint density at radius 2 is 2.14 bits per heavy atom. The molecule has 1 saturated heterocycles. The van der Waals surface area contributed by atoms with Gasteiger partial charge in [-0.25, -0.2) is 0 Å². The van der Waals surface area contributed by atoms with Crippen molar-refractivity contribution >= 4 is 11.3 Å². The minimum Gasteiger partial charge on any atom is -0.338 e. The first-order chi connectivity index (χ1) is 10.2. The van der Waals surface area contributed by atoms with E-state index in [1.807, 2.05) is 18.3 Å². The molecule has 114 valence electrons. The van der Waals surface area contributed by atoms with Gasteiger partial charge in [0.05, 0.1) is 6.04 Å². The fourth-order valence-corrected chi connectivity index (χ4v) is 3.43. The summed E-state index contributed by atoms with van der Waals surface area (Å²) in [6.07, 6.45) is 1.16. The van der Waals surface area contributed by atoms with E-state index in [2.05, 4.69) is 44.4 Å². The van der Waals surface area contributed by atoms with Crippen LogP contribution in [0.5, 0.6) is 0 Å². The second kappa shape index (κ2) is 6.68.